The summed E-state index contributed by atoms with van der Waals surface area (Å²) < 4.78 is 38.1. The normalized spacial score (nSPS) is 11.5. The van der Waals surface area contributed by atoms with Gasteiger partial charge in [0.25, 0.3) is 5.91 Å². The summed E-state index contributed by atoms with van der Waals surface area (Å²) >= 11 is 0. The molecule has 0 aliphatic carbocycles. The molecule has 3 aromatic rings. The molecule has 0 saturated carbocycles. The molecule has 11 heteroatoms. The van der Waals surface area contributed by atoms with Crippen molar-refractivity contribution >= 4 is 16.9 Å². The SMILES string of the molecule is COc1cc(OC)c(S(=O)NC(=O)c2ccc(Cn3cccn3)c(OC)n2)c(OC)c1. The van der Waals surface area contributed by atoms with E-state index in [1.807, 2.05) is 0 Å². The van der Waals surface area contributed by atoms with Gasteiger partial charge in [-0.1, -0.05) is 0 Å². The summed E-state index contributed by atoms with van der Waals surface area (Å²) in [6.45, 7) is 0.428. The Hall–Kier alpha value is -3.60. The maximum atomic E-state index is 12.9. The van der Waals surface area contributed by atoms with E-state index in [1.54, 1.807) is 41.3 Å². The van der Waals surface area contributed by atoms with Gasteiger partial charge in [-0.2, -0.15) is 5.10 Å². The van der Waals surface area contributed by atoms with Crippen LogP contribution in [0.15, 0.2) is 47.6 Å². The van der Waals surface area contributed by atoms with Crippen LogP contribution >= 0.6 is 0 Å². The average Bonchev–Trinajstić information content (AvgIpc) is 3.31. The van der Waals surface area contributed by atoms with Crippen LogP contribution in [-0.4, -0.2) is 53.3 Å². The van der Waals surface area contributed by atoms with Crippen molar-refractivity contribution in [3.05, 3.63) is 54.0 Å². The summed E-state index contributed by atoms with van der Waals surface area (Å²) in [6.07, 6.45) is 3.47. The van der Waals surface area contributed by atoms with Gasteiger partial charge in [-0.3, -0.25) is 14.2 Å². The minimum Gasteiger partial charge on any atom is -0.496 e. The lowest BCUT2D eigenvalue weighted by Gasteiger charge is -2.15. The van der Waals surface area contributed by atoms with Gasteiger partial charge in [0.2, 0.25) is 5.88 Å². The summed E-state index contributed by atoms with van der Waals surface area (Å²) in [4.78, 5) is 17.1. The summed E-state index contributed by atoms with van der Waals surface area (Å²) in [5, 5.41) is 4.14. The maximum absolute atomic E-state index is 12.9. The Bertz CT molecular complexity index is 1060. The molecule has 31 heavy (non-hydrogen) atoms. The van der Waals surface area contributed by atoms with Crippen LogP contribution in [0.4, 0.5) is 0 Å². The van der Waals surface area contributed by atoms with Crippen molar-refractivity contribution in [3.63, 3.8) is 0 Å². The van der Waals surface area contributed by atoms with Crippen molar-refractivity contribution in [2.45, 2.75) is 11.4 Å². The fraction of sp³-hybridized carbons (Fsp3) is 0.250. The first-order valence-corrected chi connectivity index (χ1v) is 10.2. The molecule has 164 valence electrons. The van der Waals surface area contributed by atoms with Gasteiger partial charge in [0.15, 0.2) is 11.0 Å². The number of hydrogen-bond donors (Lipinski definition) is 1. The van der Waals surface area contributed by atoms with E-state index in [-0.39, 0.29) is 28.0 Å². The number of pyridine rings is 1. The second-order valence-electron chi connectivity index (χ2n) is 6.13. The van der Waals surface area contributed by atoms with Crippen molar-refractivity contribution in [2.75, 3.05) is 28.4 Å². The van der Waals surface area contributed by atoms with E-state index < -0.39 is 16.9 Å². The first kappa shape index (κ1) is 22.1. The molecule has 1 atom stereocenters. The van der Waals surface area contributed by atoms with Crippen LogP contribution in [0.2, 0.25) is 0 Å². The van der Waals surface area contributed by atoms with E-state index in [4.69, 9.17) is 18.9 Å². The molecule has 0 radical (unpaired) electrons. The fourth-order valence-electron chi connectivity index (χ4n) is 2.81. The Kier molecular flexibility index (Phi) is 7.08. The number of hydrogen-bond acceptors (Lipinski definition) is 8. The van der Waals surface area contributed by atoms with Crippen LogP contribution in [-0.2, 0) is 17.5 Å². The molecule has 1 amide bonds. The average molecular weight is 446 g/mol. The summed E-state index contributed by atoms with van der Waals surface area (Å²) in [5.41, 5.74) is 0.781. The second-order valence-corrected chi connectivity index (χ2v) is 7.28. The fourth-order valence-corrected chi connectivity index (χ4v) is 3.83. The predicted octanol–water partition coefficient (Wildman–Crippen LogP) is 1.81. The Morgan fingerprint density at radius 2 is 1.77 bits per heavy atom. The zero-order valence-corrected chi connectivity index (χ0v) is 18.3. The molecule has 1 aromatic carbocycles. The smallest absolute Gasteiger partial charge is 0.281 e. The maximum Gasteiger partial charge on any atom is 0.281 e. The molecule has 2 heterocycles. The van der Waals surface area contributed by atoms with E-state index >= 15 is 0 Å². The van der Waals surface area contributed by atoms with E-state index in [0.717, 1.165) is 5.56 Å². The molecule has 1 N–H and O–H groups in total. The molecule has 0 fully saturated rings. The lowest BCUT2D eigenvalue weighted by Crippen LogP contribution is -2.27. The Balaban J connectivity index is 1.84. The number of aromatic nitrogens is 3. The van der Waals surface area contributed by atoms with Crippen LogP contribution in [0.1, 0.15) is 16.1 Å². The molecular weight excluding hydrogens is 424 g/mol. The largest absolute Gasteiger partial charge is 0.496 e. The van der Waals surface area contributed by atoms with Gasteiger partial charge in [0.1, 0.15) is 27.8 Å². The van der Waals surface area contributed by atoms with Gasteiger partial charge in [-0.25, -0.2) is 9.19 Å². The zero-order valence-electron chi connectivity index (χ0n) is 17.4. The predicted molar refractivity (Wildman–Crippen MR) is 112 cm³/mol. The number of methoxy groups -OCH3 is 4. The molecule has 0 aliphatic heterocycles. The molecule has 1 unspecified atom stereocenters. The Morgan fingerprint density at radius 3 is 2.32 bits per heavy atom. The topological polar surface area (TPSA) is 114 Å². The number of amides is 1. The number of nitrogens with one attached hydrogen (secondary N) is 1. The number of rotatable bonds is 9. The summed E-state index contributed by atoms with van der Waals surface area (Å²) in [5.74, 6) is 0.570. The van der Waals surface area contributed by atoms with Crippen molar-refractivity contribution in [3.8, 4) is 23.1 Å². The van der Waals surface area contributed by atoms with E-state index in [9.17, 15) is 9.00 Å². The molecule has 0 bridgehead atoms. The first-order valence-electron chi connectivity index (χ1n) is 9.04. The highest BCUT2D eigenvalue weighted by molar-refractivity contribution is 7.84. The minimum absolute atomic E-state index is 0.0425. The lowest BCUT2D eigenvalue weighted by atomic mass is 10.2. The monoisotopic (exact) mass is 446 g/mol. The minimum atomic E-state index is -1.99. The van der Waals surface area contributed by atoms with Crippen LogP contribution in [0, 0.1) is 0 Å². The molecule has 3 rings (SSSR count). The number of carbonyl (C=O) groups is 1. The molecule has 0 spiro atoms. The quantitative estimate of drug-likeness (QED) is 0.529. The van der Waals surface area contributed by atoms with Crippen molar-refractivity contribution in [1.29, 1.82) is 0 Å². The Morgan fingerprint density at radius 1 is 1.06 bits per heavy atom. The first-order chi connectivity index (χ1) is 15.0. The van der Waals surface area contributed by atoms with Crippen LogP contribution < -0.4 is 23.7 Å². The lowest BCUT2D eigenvalue weighted by molar-refractivity contribution is 0.0977. The molecule has 0 aliphatic rings. The van der Waals surface area contributed by atoms with Crippen molar-refractivity contribution < 1.29 is 28.0 Å². The molecule has 2 aromatic heterocycles. The third-order valence-electron chi connectivity index (χ3n) is 4.30. The van der Waals surface area contributed by atoms with Gasteiger partial charge in [-0.05, 0) is 18.2 Å². The van der Waals surface area contributed by atoms with Crippen LogP contribution in [0.5, 0.6) is 23.1 Å². The van der Waals surface area contributed by atoms with E-state index in [1.165, 1.54) is 34.5 Å². The van der Waals surface area contributed by atoms with E-state index in [0.29, 0.717) is 12.3 Å². The van der Waals surface area contributed by atoms with Crippen LogP contribution in [0.3, 0.4) is 0 Å². The van der Waals surface area contributed by atoms with Gasteiger partial charge < -0.3 is 18.9 Å². The third kappa shape index (κ3) is 4.94. The second kappa shape index (κ2) is 9.94. The molecule has 0 saturated heterocycles. The highest BCUT2D eigenvalue weighted by Crippen LogP contribution is 2.36. The third-order valence-corrected chi connectivity index (χ3v) is 5.44. The highest BCUT2D eigenvalue weighted by atomic mass is 32.2. The number of nitrogens with zero attached hydrogens (tertiary/aromatic N) is 3. The highest BCUT2D eigenvalue weighted by Gasteiger charge is 2.22. The van der Waals surface area contributed by atoms with Gasteiger partial charge in [-0.15, -0.1) is 0 Å². The zero-order chi connectivity index (χ0) is 22.4. The molecule has 10 nitrogen and oxygen atoms in total. The summed E-state index contributed by atoms with van der Waals surface area (Å²) in [6, 6.07) is 8.13. The molecular formula is C20H22N4O6S. The van der Waals surface area contributed by atoms with Gasteiger partial charge in [0.05, 0.1) is 35.0 Å². The van der Waals surface area contributed by atoms with Crippen molar-refractivity contribution in [2.24, 2.45) is 0 Å². The summed E-state index contributed by atoms with van der Waals surface area (Å²) in [7, 11) is 3.80. The van der Waals surface area contributed by atoms with E-state index in [2.05, 4.69) is 14.8 Å². The van der Waals surface area contributed by atoms with Crippen molar-refractivity contribution in [1.82, 2.24) is 19.5 Å². The number of benzene rings is 1. The van der Waals surface area contributed by atoms with Gasteiger partial charge in [0, 0.05) is 30.1 Å². The van der Waals surface area contributed by atoms with Crippen LogP contribution in [0.25, 0.3) is 0 Å². The Labute approximate surface area is 181 Å². The van der Waals surface area contributed by atoms with Gasteiger partial charge >= 0.3 is 0 Å². The standard InChI is InChI=1S/C20H22N4O6S/c1-27-14-10-16(28-2)18(17(11-14)29-3)31(26)23-19(25)15-7-6-13(20(22-15)30-4)12-24-9-5-8-21-24/h5-11H,12H2,1-4H3,(H,23,25). The number of carbonyl (C=O) groups excluding carboxylic acids is 1. The number of ether oxygens (including phenoxy) is 4.